The Morgan fingerprint density at radius 1 is 0.824 bits per heavy atom. The van der Waals surface area contributed by atoms with E-state index in [4.69, 9.17) is 19.2 Å². The summed E-state index contributed by atoms with van der Waals surface area (Å²) in [6.07, 6.45) is 12.7. The van der Waals surface area contributed by atoms with Crippen molar-refractivity contribution in [1.82, 2.24) is 0 Å². The fourth-order valence-electron chi connectivity index (χ4n) is 4.59. The second kappa shape index (κ2) is 10.0. The van der Waals surface area contributed by atoms with Crippen molar-refractivity contribution in [3.05, 3.63) is 94.6 Å². The molecule has 0 saturated heterocycles. The highest BCUT2D eigenvalue weighted by Gasteiger charge is 2.28. The third kappa shape index (κ3) is 4.79. The Kier molecular flexibility index (Phi) is 6.52. The summed E-state index contributed by atoms with van der Waals surface area (Å²) in [5, 5.41) is 3.43. The van der Waals surface area contributed by atoms with E-state index in [1.807, 2.05) is 54.7 Å². The fraction of sp³-hybridized carbons (Fsp3) is 0.276. The monoisotopic (exact) mass is 454 g/mol. The van der Waals surface area contributed by atoms with Crippen LogP contribution in [0.25, 0.3) is 0 Å². The van der Waals surface area contributed by atoms with Crippen LogP contribution in [0.1, 0.15) is 38.5 Å². The molecule has 2 aromatic rings. The molecule has 174 valence electrons. The Bertz CT molecular complexity index is 1200. The van der Waals surface area contributed by atoms with E-state index >= 15 is 0 Å². The number of allylic oxidation sites excluding steroid dienone is 5. The van der Waals surface area contributed by atoms with Crippen molar-refractivity contribution in [3.8, 4) is 11.5 Å². The number of aliphatic imine (C=N–C) groups is 1. The van der Waals surface area contributed by atoms with Crippen molar-refractivity contribution < 1.29 is 14.2 Å². The smallest absolute Gasteiger partial charge is 0.135 e. The van der Waals surface area contributed by atoms with E-state index in [-0.39, 0.29) is 0 Å². The highest BCUT2D eigenvalue weighted by atomic mass is 16.5. The molecule has 2 aromatic carbocycles. The molecule has 0 saturated carbocycles. The molecule has 5 heteroatoms. The molecular formula is C29H30N2O3. The van der Waals surface area contributed by atoms with E-state index in [1.165, 1.54) is 16.7 Å². The molecule has 0 bridgehead atoms. The lowest BCUT2D eigenvalue weighted by atomic mass is 9.86. The van der Waals surface area contributed by atoms with E-state index in [1.54, 1.807) is 14.2 Å². The first-order valence-electron chi connectivity index (χ1n) is 11.9. The van der Waals surface area contributed by atoms with Gasteiger partial charge in [-0.15, -0.1) is 0 Å². The quantitative estimate of drug-likeness (QED) is 0.468. The Morgan fingerprint density at radius 3 is 2.26 bits per heavy atom. The molecule has 1 N–H and O–H groups in total. The molecule has 2 aliphatic carbocycles. The summed E-state index contributed by atoms with van der Waals surface area (Å²) in [4.78, 5) is 4.71. The zero-order valence-electron chi connectivity index (χ0n) is 19.8. The molecule has 3 aliphatic rings. The lowest BCUT2D eigenvalue weighted by molar-refractivity contribution is 0.293. The Labute approximate surface area is 201 Å². The molecule has 1 aliphatic heterocycles. The van der Waals surface area contributed by atoms with Crippen molar-refractivity contribution in [2.75, 3.05) is 19.5 Å². The van der Waals surface area contributed by atoms with Crippen LogP contribution in [0.15, 0.2) is 99.6 Å². The van der Waals surface area contributed by atoms with Gasteiger partial charge in [0.25, 0.3) is 0 Å². The highest BCUT2D eigenvalue weighted by Crippen LogP contribution is 2.42. The van der Waals surface area contributed by atoms with Gasteiger partial charge in [-0.2, -0.15) is 0 Å². The summed E-state index contributed by atoms with van der Waals surface area (Å²) < 4.78 is 17.1. The lowest BCUT2D eigenvalue weighted by Crippen LogP contribution is -2.16. The van der Waals surface area contributed by atoms with E-state index in [9.17, 15) is 0 Å². The first-order chi connectivity index (χ1) is 16.7. The van der Waals surface area contributed by atoms with Crippen LogP contribution in [0, 0.1) is 0 Å². The van der Waals surface area contributed by atoms with E-state index in [2.05, 4.69) is 17.6 Å². The zero-order valence-corrected chi connectivity index (χ0v) is 19.8. The van der Waals surface area contributed by atoms with Gasteiger partial charge >= 0.3 is 0 Å². The molecule has 0 atom stereocenters. The lowest BCUT2D eigenvalue weighted by Gasteiger charge is -2.31. The fourth-order valence-corrected chi connectivity index (χ4v) is 4.59. The van der Waals surface area contributed by atoms with Gasteiger partial charge in [0.2, 0.25) is 0 Å². The first kappa shape index (κ1) is 22.1. The Balaban J connectivity index is 1.39. The molecule has 0 unspecified atom stereocenters. The van der Waals surface area contributed by atoms with Gasteiger partial charge in [0.15, 0.2) is 0 Å². The van der Waals surface area contributed by atoms with Crippen LogP contribution in [0.2, 0.25) is 0 Å². The highest BCUT2D eigenvalue weighted by molar-refractivity contribution is 5.83. The third-order valence-electron chi connectivity index (χ3n) is 6.45. The van der Waals surface area contributed by atoms with Crippen molar-refractivity contribution >= 4 is 17.6 Å². The molecule has 0 radical (unpaired) electrons. The van der Waals surface area contributed by atoms with Gasteiger partial charge in [-0.1, -0.05) is 0 Å². The minimum Gasteiger partial charge on any atom is -0.497 e. The summed E-state index contributed by atoms with van der Waals surface area (Å²) >= 11 is 0. The normalized spacial score (nSPS) is 18.9. The minimum absolute atomic E-state index is 0.832. The van der Waals surface area contributed by atoms with Crippen molar-refractivity contribution in [2.24, 2.45) is 4.99 Å². The van der Waals surface area contributed by atoms with Crippen LogP contribution < -0.4 is 14.8 Å². The minimum atomic E-state index is 0.832. The van der Waals surface area contributed by atoms with Gasteiger partial charge in [0.05, 0.1) is 19.9 Å². The summed E-state index contributed by atoms with van der Waals surface area (Å²) in [5.74, 6) is 3.67. The number of nitrogens with one attached hydrogen (secondary N) is 1. The van der Waals surface area contributed by atoms with Crippen molar-refractivity contribution in [1.29, 1.82) is 0 Å². The first-order valence-corrected chi connectivity index (χ1v) is 11.9. The number of hydrogen-bond acceptors (Lipinski definition) is 5. The van der Waals surface area contributed by atoms with Gasteiger partial charge in [-0.25, -0.2) is 0 Å². The number of fused-ring (bicyclic) bond motifs is 1. The maximum Gasteiger partial charge on any atom is 0.135 e. The van der Waals surface area contributed by atoms with Crippen molar-refractivity contribution in [3.63, 3.8) is 0 Å². The van der Waals surface area contributed by atoms with Gasteiger partial charge in [0, 0.05) is 29.2 Å². The van der Waals surface area contributed by atoms with Gasteiger partial charge in [0.1, 0.15) is 23.0 Å². The number of nitrogens with zero attached hydrogens (tertiary/aromatic N) is 1. The van der Waals surface area contributed by atoms with Gasteiger partial charge < -0.3 is 19.5 Å². The molecule has 0 fully saturated rings. The van der Waals surface area contributed by atoms with E-state index < -0.39 is 0 Å². The van der Waals surface area contributed by atoms with Gasteiger partial charge in [-0.3, -0.25) is 4.99 Å². The molecule has 5 nitrogen and oxygen atoms in total. The summed E-state index contributed by atoms with van der Waals surface area (Å²) in [7, 11) is 3.35. The number of hydrogen-bond donors (Lipinski definition) is 1. The Morgan fingerprint density at radius 2 is 1.53 bits per heavy atom. The maximum absolute atomic E-state index is 6.62. The predicted octanol–water partition coefficient (Wildman–Crippen LogP) is 7.23. The summed E-state index contributed by atoms with van der Waals surface area (Å²) in [6, 6.07) is 15.8. The van der Waals surface area contributed by atoms with E-state index in [0.29, 0.717) is 0 Å². The van der Waals surface area contributed by atoms with Crippen LogP contribution in [0.3, 0.4) is 0 Å². The van der Waals surface area contributed by atoms with E-state index in [0.717, 1.165) is 78.5 Å². The number of rotatable bonds is 6. The molecule has 0 amide bonds. The summed E-state index contributed by atoms with van der Waals surface area (Å²) in [5.41, 5.74) is 6.90. The molecule has 1 heterocycles. The SMILES string of the molecule is COc1ccc(N=CC2=C3OC4=C(C=C3CCC2)CCC/C4=C\Nc2ccc(OC)cc2)cc1. The molecular weight excluding hydrogens is 424 g/mol. The Hall–Kier alpha value is -3.73. The molecule has 5 rings (SSSR count). The largest absolute Gasteiger partial charge is 0.497 e. The average Bonchev–Trinajstić information content (AvgIpc) is 2.90. The molecule has 34 heavy (non-hydrogen) atoms. The topological polar surface area (TPSA) is 52.1 Å². The summed E-state index contributed by atoms with van der Waals surface area (Å²) in [6.45, 7) is 0. The standard InChI is InChI=1S/C29H30N2O3/c1-32-26-13-9-24(10-14-26)30-18-22-7-3-5-20-17-21-6-4-8-23(29(21)34-28(20)22)19-31-25-11-15-27(33-2)16-12-25/h9-19,30H,3-8H2,1-2H3/b22-18+,31-19?. The second-order valence-corrected chi connectivity index (χ2v) is 8.69. The van der Waals surface area contributed by atoms with Crippen LogP contribution in [-0.4, -0.2) is 20.4 Å². The number of ether oxygens (including phenoxy) is 3. The number of anilines is 1. The predicted molar refractivity (Wildman–Crippen MR) is 137 cm³/mol. The molecule has 0 spiro atoms. The number of methoxy groups -OCH3 is 2. The number of benzene rings is 2. The van der Waals surface area contributed by atoms with Crippen LogP contribution in [0.5, 0.6) is 11.5 Å². The van der Waals surface area contributed by atoms with Gasteiger partial charge in [-0.05, 0) is 104 Å². The van der Waals surface area contributed by atoms with Crippen LogP contribution in [-0.2, 0) is 4.74 Å². The second-order valence-electron chi connectivity index (χ2n) is 8.69. The average molecular weight is 455 g/mol. The third-order valence-corrected chi connectivity index (χ3v) is 6.45. The zero-order chi connectivity index (χ0) is 23.3. The maximum atomic E-state index is 6.62. The molecule has 0 aromatic heterocycles. The van der Waals surface area contributed by atoms with Crippen LogP contribution >= 0.6 is 0 Å². The van der Waals surface area contributed by atoms with Crippen LogP contribution in [0.4, 0.5) is 11.4 Å². The van der Waals surface area contributed by atoms with Crippen molar-refractivity contribution in [2.45, 2.75) is 38.5 Å².